The lowest BCUT2D eigenvalue weighted by atomic mass is 10.1. The number of unbranched alkanes of at least 4 members (excludes halogenated alkanes) is 1. The van der Waals surface area contributed by atoms with Gasteiger partial charge in [-0.15, -0.1) is 11.3 Å². The average Bonchev–Trinajstić information content (AvgIpc) is 2.78. The first-order valence-electron chi connectivity index (χ1n) is 5.63. The average molecular weight is 359 g/mol. The van der Waals surface area contributed by atoms with Crippen molar-refractivity contribution in [1.29, 1.82) is 0 Å². The van der Waals surface area contributed by atoms with Gasteiger partial charge >= 0.3 is 0 Å². The van der Waals surface area contributed by atoms with Crippen molar-refractivity contribution in [2.24, 2.45) is 0 Å². The van der Waals surface area contributed by atoms with E-state index in [1.807, 2.05) is 29.6 Å². The van der Waals surface area contributed by atoms with E-state index in [4.69, 9.17) is 0 Å². The SMILES string of the molecule is O=C(NCCCCI)c1csc2ccccc12. The molecule has 1 aromatic carbocycles. The number of amides is 1. The molecule has 17 heavy (non-hydrogen) atoms. The van der Waals surface area contributed by atoms with Gasteiger partial charge in [-0.3, -0.25) is 4.79 Å². The fourth-order valence-electron chi connectivity index (χ4n) is 1.67. The van der Waals surface area contributed by atoms with Gasteiger partial charge in [0.2, 0.25) is 0 Å². The van der Waals surface area contributed by atoms with Crippen LogP contribution in [0.5, 0.6) is 0 Å². The monoisotopic (exact) mass is 359 g/mol. The molecule has 0 unspecified atom stereocenters. The molecule has 4 heteroatoms. The maximum atomic E-state index is 12.0. The second-order valence-electron chi connectivity index (χ2n) is 3.80. The summed E-state index contributed by atoms with van der Waals surface area (Å²) in [6.07, 6.45) is 2.21. The van der Waals surface area contributed by atoms with Crippen LogP contribution in [-0.4, -0.2) is 16.9 Å². The highest BCUT2D eigenvalue weighted by molar-refractivity contribution is 14.1. The Labute approximate surface area is 119 Å². The standard InChI is InChI=1S/C13H14INOS/c14-7-3-4-8-15-13(16)11-9-17-12-6-2-1-5-10(11)12/h1-2,5-6,9H,3-4,7-8H2,(H,15,16). The summed E-state index contributed by atoms with van der Waals surface area (Å²) in [6.45, 7) is 0.770. The zero-order chi connectivity index (χ0) is 12.1. The van der Waals surface area contributed by atoms with Crippen LogP contribution in [0, 0.1) is 0 Å². The van der Waals surface area contributed by atoms with Gasteiger partial charge in [0.1, 0.15) is 0 Å². The van der Waals surface area contributed by atoms with E-state index in [2.05, 4.69) is 27.9 Å². The molecular weight excluding hydrogens is 345 g/mol. The Hall–Kier alpha value is -0.620. The summed E-state index contributed by atoms with van der Waals surface area (Å²) in [7, 11) is 0. The third-order valence-corrected chi connectivity index (χ3v) is 4.30. The molecule has 0 aliphatic rings. The van der Waals surface area contributed by atoms with Gasteiger partial charge in [0.05, 0.1) is 5.56 Å². The Balaban J connectivity index is 2.04. The molecule has 90 valence electrons. The molecular formula is C13H14INOS. The molecule has 0 fully saturated rings. The Kier molecular flexibility index (Phi) is 4.79. The maximum absolute atomic E-state index is 12.0. The Morgan fingerprint density at radius 2 is 2.12 bits per heavy atom. The highest BCUT2D eigenvalue weighted by Crippen LogP contribution is 2.25. The van der Waals surface area contributed by atoms with Gasteiger partial charge < -0.3 is 5.32 Å². The number of hydrogen-bond donors (Lipinski definition) is 1. The molecule has 0 aliphatic heterocycles. The fraction of sp³-hybridized carbons (Fsp3) is 0.308. The van der Waals surface area contributed by atoms with Crippen LogP contribution in [0.2, 0.25) is 0 Å². The number of halogens is 1. The van der Waals surface area contributed by atoms with Gasteiger partial charge in [-0.05, 0) is 23.3 Å². The lowest BCUT2D eigenvalue weighted by Crippen LogP contribution is -2.24. The number of carbonyl (C=O) groups excluding carboxylic acids is 1. The quantitative estimate of drug-likeness (QED) is 0.491. The number of fused-ring (bicyclic) bond motifs is 1. The molecule has 2 rings (SSSR count). The lowest BCUT2D eigenvalue weighted by molar-refractivity contribution is 0.0955. The number of alkyl halides is 1. The van der Waals surface area contributed by atoms with Gasteiger partial charge in [0, 0.05) is 22.0 Å². The van der Waals surface area contributed by atoms with Crippen molar-refractivity contribution < 1.29 is 4.79 Å². The highest BCUT2D eigenvalue weighted by Gasteiger charge is 2.10. The summed E-state index contributed by atoms with van der Waals surface area (Å²) >= 11 is 3.98. The van der Waals surface area contributed by atoms with Crippen molar-refractivity contribution in [1.82, 2.24) is 5.32 Å². The summed E-state index contributed by atoms with van der Waals surface area (Å²) in [6, 6.07) is 8.03. The van der Waals surface area contributed by atoms with E-state index < -0.39 is 0 Å². The Morgan fingerprint density at radius 1 is 1.29 bits per heavy atom. The van der Waals surface area contributed by atoms with Crippen LogP contribution in [-0.2, 0) is 0 Å². The first kappa shape index (κ1) is 12.8. The summed E-state index contributed by atoms with van der Waals surface area (Å²) in [4.78, 5) is 12.0. The smallest absolute Gasteiger partial charge is 0.252 e. The van der Waals surface area contributed by atoms with Crippen LogP contribution in [0.4, 0.5) is 0 Å². The third kappa shape index (κ3) is 3.19. The van der Waals surface area contributed by atoms with Gasteiger partial charge in [-0.1, -0.05) is 40.8 Å². The van der Waals surface area contributed by atoms with Crippen molar-refractivity contribution in [2.75, 3.05) is 11.0 Å². The van der Waals surface area contributed by atoms with Crippen LogP contribution < -0.4 is 5.32 Å². The Morgan fingerprint density at radius 3 is 2.94 bits per heavy atom. The van der Waals surface area contributed by atoms with Crippen LogP contribution in [0.3, 0.4) is 0 Å². The van der Waals surface area contributed by atoms with Crippen molar-refractivity contribution >= 4 is 49.9 Å². The minimum Gasteiger partial charge on any atom is -0.352 e. The second-order valence-corrected chi connectivity index (χ2v) is 5.79. The van der Waals surface area contributed by atoms with E-state index in [-0.39, 0.29) is 5.91 Å². The molecule has 0 saturated carbocycles. The van der Waals surface area contributed by atoms with Crippen molar-refractivity contribution in [3.8, 4) is 0 Å². The predicted octanol–water partition coefficient (Wildman–Crippen LogP) is 3.85. The Bertz CT molecular complexity index is 509. The second kappa shape index (κ2) is 6.35. The molecule has 0 bridgehead atoms. The summed E-state index contributed by atoms with van der Waals surface area (Å²) in [5.41, 5.74) is 0.806. The number of carbonyl (C=O) groups is 1. The zero-order valence-corrected chi connectivity index (χ0v) is 12.4. The largest absolute Gasteiger partial charge is 0.352 e. The van der Waals surface area contributed by atoms with Crippen LogP contribution >= 0.6 is 33.9 Å². The topological polar surface area (TPSA) is 29.1 Å². The van der Waals surface area contributed by atoms with Gasteiger partial charge in [0.25, 0.3) is 5.91 Å². The number of nitrogens with one attached hydrogen (secondary N) is 1. The molecule has 1 N–H and O–H groups in total. The predicted molar refractivity (Wildman–Crippen MR) is 82.3 cm³/mol. The number of hydrogen-bond acceptors (Lipinski definition) is 2. The lowest BCUT2D eigenvalue weighted by Gasteiger charge is -2.03. The fourth-order valence-corrected chi connectivity index (χ4v) is 3.15. The van der Waals surface area contributed by atoms with Gasteiger partial charge in [-0.2, -0.15) is 0 Å². The molecule has 0 atom stereocenters. The van der Waals surface area contributed by atoms with Crippen LogP contribution in [0.25, 0.3) is 10.1 Å². The van der Waals surface area contributed by atoms with E-state index in [0.29, 0.717) is 0 Å². The molecule has 0 saturated heterocycles. The molecule has 0 spiro atoms. The van der Waals surface area contributed by atoms with E-state index in [1.54, 1.807) is 11.3 Å². The first-order valence-corrected chi connectivity index (χ1v) is 8.04. The van der Waals surface area contributed by atoms with Crippen LogP contribution in [0.1, 0.15) is 23.2 Å². The molecule has 2 aromatic rings. The molecule has 0 radical (unpaired) electrons. The summed E-state index contributed by atoms with van der Waals surface area (Å²) in [5, 5.41) is 5.98. The van der Waals surface area contributed by atoms with Crippen LogP contribution in [0.15, 0.2) is 29.6 Å². The minimum atomic E-state index is 0.0518. The molecule has 0 aliphatic carbocycles. The van der Waals surface area contributed by atoms with E-state index in [9.17, 15) is 4.79 Å². The van der Waals surface area contributed by atoms with Gasteiger partial charge in [0.15, 0.2) is 0 Å². The number of rotatable bonds is 5. The summed E-state index contributed by atoms with van der Waals surface area (Å²) < 4.78 is 2.32. The van der Waals surface area contributed by atoms with E-state index >= 15 is 0 Å². The molecule has 2 nitrogen and oxygen atoms in total. The molecule has 1 heterocycles. The maximum Gasteiger partial charge on any atom is 0.252 e. The highest BCUT2D eigenvalue weighted by atomic mass is 127. The molecule has 1 aromatic heterocycles. The minimum absolute atomic E-state index is 0.0518. The van der Waals surface area contributed by atoms with E-state index in [0.717, 1.165) is 34.8 Å². The van der Waals surface area contributed by atoms with Crippen molar-refractivity contribution in [3.05, 3.63) is 35.2 Å². The zero-order valence-electron chi connectivity index (χ0n) is 9.41. The number of benzene rings is 1. The van der Waals surface area contributed by atoms with E-state index in [1.165, 1.54) is 4.70 Å². The van der Waals surface area contributed by atoms with Crippen molar-refractivity contribution in [2.45, 2.75) is 12.8 Å². The first-order chi connectivity index (χ1) is 8.33. The third-order valence-electron chi connectivity index (χ3n) is 2.57. The molecule has 1 amide bonds. The normalized spacial score (nSPS) is 10.6. The van der Waals surface area contributed by atoms with Crippen molar-refractivity contribution in [3.63, 3.8) is 0 Å². The van der Waals surface area contributed by atoms with Gasteiger partial charge in [-0.25, -0.2) is 0 Å². The number of thiophene rings is 1. The summed E-state index contributed by atoms with van der Waals surface area (Å²) in [5.74, 6) is 0.0518.